The molecule has 0 aromatic carbocycles. The summed E-state index contributed by atoms with van der Waals surface area (Å²) in [6.07, 6.45) is 1.95. The van der Waals surface area contributed by atoms with Crippen LogP contribution >= 0.6 is 27.3 Å². The topological polar surface area (TPSA) is 49.4 Å². The van der Waals surface area contributed by atoms with Crippen LogP contribution in [0.15, 0.2) is 15.9 Å². The Morgan fingerprint density at radius 1 is 1.45 bits per heavy atom. The summed E-state index contributed by atoms with van der Waals surface area (Å²) in [7, 11) is 0. The van der Waals surface area contributed by atoms with Crippen molar-refractivity contribution in [1.29, 1.82) is 0 Å². The first-order valence-corrected chi connectivity index (χ1v) is 8.46. The zero-order valence-electron chi connectivity index (χ0n) is 11.7. The van der Waals surface area contributed by atoms with Gasteiger partial charge in [-0.1, -0.05) is 13.3 Å². The second kappa shape index (κ2) is 6.72. The standard InChI is InChI=1S/C14H19BrN2O2S/c1-3-4-11-14(19)17(9(2)7-13(18)16-11)8-10-5-6-12(15)20-10/h5-6,9,11H,3-4,7-8H2,1-2H3,(H,16,18). The highest BCUT2D eigenvalue weighted by atomic mass is 79.9. The van der Waals surface area contributed by atoms with Gasteiger partial charge >= 0.3 is 0 Å². The number of hydrogen-bond acceptors (Lipinski definition) is 3. The summed E-state index contributed by atoms with van der Waals surface area (Å²) in [5.74, 6) is 0.00822. The van der Waals surface area contributed by atoms with Crippen LogP contribution in [0.3, 0.4) is 0 Å². The number of nitrogens with one attached hydrogen (secondary N) is 1. The molecule has 6 heteroatoms. The van der Waals surface area contributed by atoms with Crippen LogP contribution in [-0.2, 0) is 16.1 Å². The number of carbonyl (C=O) groups excluding carboxylic acids is 2. The number of nitrogens with zero attached hydrogens (tertiary/aromatic N) is 1. The molecule has 2 heterocycles. The minimum Gasteiger partial charge on any atom is -0.344 e. The fourth-order valence-electron chi connectivity index (χ4n) is 2.43. The van der Waals surface area contributed by atoms with Crippen LogP contribution in [0.25, 0.3) is 0 Å². The summed E-state index contributed by atoms with van der Waals surface area (Å²) in [6.45, 7) is 4.54. The van der Waals surface area contributed by atoms with E-state index in [2.05, 4.69) is 21.2 Å². The van der Waals surface area contributed by atoms with E-state index in [1.54, 1.807) is 11.3 Å². The number of carbonyl (C=O) groups is 2. The molecule has 110 valence electrons. The summed E-state index contributed by atoms with van der Waals surface area (Å²) >= 11 is 5.06. The van der Waals surface area contributed by atoms with Gasteiger partial charge in [0.25, 0.3) is 0 Å². The molecule has 1 aromatic heterocycles. The Morgan fingerprint density at radius 2 is 2.20 bits per heavy atom. The summed E-state index contributed by atoms with van der Waals surface area (Å²) in [6, 6.07) is 3.56. The van der Waals surface area contributed by atoms with E-state index in [9.17, 15) is 9.59 Å². The fourth-order valence-corrected chi connectivity index (χ4v) is 3.92. The molecule has 1 aliphatic heterocycles. The molecule has 0 aliphatic carbocycles. The number of halogens is 1. The molecule has 0 spiro atoms. The lowest BCUT2D eigenvalue weighted by Gasteiger charge is -2.28. The smallest absolute Gasteiger partial charge is 0.245 e. The second-order valence-corrected chi connectivity index (χ2v) is 7.68. The van der Waals surface area contributed by atoms with Gasteiger partial charge in [0.15, 0.2) is 0 Å². The normalized spacial score (nSPS) is 23.6. The van der Waals surface area contributed by atoms with E-state index in [1.165, 1.54) is 0 Å². The molecule has 2 amide bonds. The average Bonchev–Trinajstić information content (AvgIpc) is 2.76. The van der Waals surface area contributed by atoms with E-state index < -0.39 is 0 Å². The van der Waals surface area contributed by atoms with Crippen molar-refractivity contribution in [3.63, 3.8) is 0 Å². The highest BCUT2D eigenvalue weighted by Gasteiger charge is 2.33. The zero-order chi connectivity index (χ0) is 14.7. The maximum atomic E-state index is 12.6. The summed E-state index contributed by atoms with van der Waals surface area (Å²) < 4.78 is 1.06. The van der Waals surface area contributed by atoms with Gasteiger partial charge in [-0.15, -0.1) is 11.3 Å². The lowest BCUT2D eigenvalue weighted by molar-refractivity contribution is -0.135. The molecule has 1 N–H and O–H groups in total. The Balaban J connectivity index is 2.18. The predicted molar refractivity (Wildman–Crippen MR) is 83.5 cm³/mol. The lowest BCUT2D eigenvalue weighted by Crippen LogP contribution is -2.45. The first-order valence-electron chi connectivity index (χ1n) is 6.85. The first-order chi connectivity index (χ1) is 9.51. The highest BCUT2D eigenvalue weighted by Crippen LogP contribution is 2.25. The average molecular weight is 359 g/mol. The van der Waals surface area contributed by atoms with E-state index in [-0.39, 0.29) is 23.9 Å². The van der Waals surface area contributed by atoms with Gasteiger partial charge in [-0.3, -0.25) is 9.59 Å². The summed E-state index contributed by atoms with van der Waals surface area (Å²) in [5.41, 5.74) is 0. The van der Waals surface area contributed by atoms with Gasteiger partial charge in [0.1, 0.15) is 6.04 Å². The van der Waals surface area contributed by atoms with Gasteiger partial charge in [0.2, 0.25) is 11.8 Å². The van der Waals surface area contributed by atoms with Crippen molar-refractivity contribution in [2.24, 2.45) is 0 Å². The molecule has 4 nitrogen and oxygen atoms in total. The molecule has 0 saturated carbocycles. The molecule has 1 fully saturated rings. The molecular formula is C14H19BrN2O2S. The Hall–Kier alpha value is -0.880. The van der Waals surface area contributed by atoms with Crippen LogP contribution in [0.4, 0.5) is 0 Å². The van der Waals surface area contributed by atoms with E-state index in [0.717, 1.165) is 15.1 Å². The molecule has 1 aliphatic rings. The summed E-state index contributed by atoms with van der Waals surface area (Å²) in [4.78, 5) is 27.4. The Labute approximate surface area is 131 Å². The first kappa shape index (κ1) is 15.5. The van der Waals surface area contributed by atoms with Gasteiger partial charge in [0.05, 0.1) is 10.3 Å². The van der Waals surface area contributed by atoms with Crippen LogP contribution in [0.1, 0.15) is 38.0 Å². The SMILES string of the molecule is CCCC1NC(=O)CC(C)N(Cc2ccc(Br)s2)C1=O. The van der Waals surface area contributed by atoms with E-state index in [0.29, 0.717) is 19.4 Å². The molecule has 20 heavy (non-hydrogen) atoms. The number of amides is 2. The van der Waals surface area contributed by atoms with Crippen molar-refractivity contribution in [2.45, 2.75) is 51.7 Å². The molecular weight excluding hydrogens is 340 g/mol. The zero-order valence-corrected chi connectivity index (χ0v) is 14.1. The van der Waals surface area contributed by atoms with Crippen molar-refractivity contribution >= 4 is 39.1 Å². The van der Waals surface area contributed by atoms with E-state index in [4.69, 9.17) is 0 Å². The van der Waals surface area contributed by atoms with Gasteiger partial charge in [-0.05, 0) is 41.4 Å². The monoisotopic (exact) mass is 358 g/mol. The van der Waals surface area contributed by atoms with Crippen molar-refractivity contribution < 1.29 is 9.59 Å². The van der Waals surface area contributed by atoms with E-state index in [1.807, 2.05) is 30.9 Å². The third kappa shape index (κ3) is 3.61. The minimum atomic E-state index is -0.374. The van der Waals surface area contributed by atoms with Gasteiger partial charge in [-0.25, -0.2) is 0 Å². The largest absolute Gasteiger partial charge is 0.344 e. The molecule has 0 bridgehead atoms. The van der Waals surface area contributed by atoms with Gasteiger partial charge < -0.3 is 10.2 Å². The Bertz CT molecular complexity index is 503. The van der Waals surface area contributed by atoms with Crippen LogP contribution in [0.2, 0.25) is 0 Å². The maximum Gasteiger partial charge on any atom is 0.245 e. The van der Waals surface area contributed by atoms with Gasteiger partial charge in [-0.2, -0.15) is 0 Å². The van der Waals surface area contributed by atoms with Crippen LogP contribution in [-0.4, -0.2) is 28.8 Å². The van der Waals surface area contributed by atoms with Crippen LogP contribution in [0, 0.1) is 0 Å². The highest BCUT2D eigenvalue weighted by molar-refractivity contribution is 9.11. The molecule has 2 atom stereocenters. The number of thiophene rings is 1. The third-order valence-electron chi connectivity index (χ3n) is 3.46. The number of rotatable bonds is 4. The maximum absolute atomic E-state index is 12.6. The Kier molecular flexibility index (Phi) is 5.21. The van der Waals surface area contributed by atoms with Crippen LogP contribution < -0.4 is 5.32 Å². The van der Waals surface area contributed by atoms with Crippen molar-refractivity contribution in [3.8, 4) is 0 Å². The van der Waals surface area contributed by atoms with Crippen molar-refractivity contribution in [2.75, 3.05) is 0 Å². The number of hydrogen-bond donors (Lipinski definition) is 1. The molecule has 0 radical (unpaired) electrons. The second-order valence-electron chi connectivity index (χ2n) is 5.13. The van der Waals surface area contributed by atoms with Crippen molar-refractivity contribution in [1.82, 2.24) is 10.2 Å². The minimum absolute atomic E-state index is 0.0286. The molecule has 2 unspecified atom stereocenters. The molecule has 2 rings (SSSR count). The lowest BCUT2D eigenvalue weighted by atomic mass is 10.1. The summed E-state index contributed by atoms with van der Waals surface area (Å²) in [5, 5.41) is 2.84. The van der Waals surface area contributed by atoms with Crippen LogP contribution in [0.5, 0.6) is 0 Å². The van der Waals surface area contributed by atoms with Gasteiger partial charge in [0, 0.05) is 17.3 Å². The Morgan fingerprint density at radius 3 is 2.80 bits per heavy atom. The molecule has 1 aromatic rings. The third-order valence-corrected chi connectivity index (χ3v) is 5.07. The van der Waals surface area contributed by atoms with E-state index >= 15 is 0 Å². The fraction of sp³-hybridized carbons (Fsp3) is 0.571. The quantitative estimate of drug-likeness (QED) is 0.899. The van der Waals surface area contributed by atoms with Crippen molar-refractivity contribution in [3.05, 3.63) is 20.8 Å². The molecule has 1 saturated heterocycles. The predicted octanol–water partition coefficient (Wildman–Crippen LogP) is 2.92.